The standard InChI is InChI=1S/C21H19N3O2S/c25-20(24-11-10-15-5-1-2-9-19(15)24)16-6-3-7-17(13-16)23-21(26)22-14-18-8-4-12-27-18/h1-9,12-13H,10-11,14H2,(H2,22,23,26). The largest absolute Gasteiger partial charge is 0.333 e. The lowest BCUT2D eigenvalue weighted by molar-refractivity contribution is 0.0989. The van der Waals surface area contributed by atoms with Crippen molar-refractivity contribution in [1.29, 1.82) is 0 Å². The summed E-state index contributed by atoms with van der Waals surface area (Å²) in [5.74, 6) is -0.0532. The van der Waals surface area contributed by atoms with Crippen LogP contribution in [0.15, 0.2) is 66.0 Å². The van der Waals surface area contributed by atoms with Crippen LogP contribution < -0.4 is 15.5 Å². The fourth-order valence-electron chi connectivity index (χ4n) is 3.19. The molecule has 1 aliphatic rings. The summed E-state index contributed by atoms with van der Waals surface area (Å²) in [7, 11) is 0. The van der Waals surface area contributed by atoms with Crippen LogP contribution in [0.3, 0.4) is 0 Å². The van der Waals surface area contributed by atoms with E-state index in [9.17, 15) is 9.59 Å². The van der Waals surface area contributed by atoms with Crippen LogP contribution >= 0.6 is 11.3 Å². The predicted molar refractivity (Wildman–Crippen MR) is 108 cm³/mol. The molecule has 0 spiro atoms. The number of nitrogens with one attached hydrogen (secondary N) is 2. The van der Waals surface area contributed by atoms with Crippen LogP contribution in [0.2, 0.25) is 0 Å². The van der Waals surface area contributed by atoms with Gasteiger partial charge in [0, 0.05) is 28.4 Å². The summed E-state index contributed by atoms with van der Waals surface area (Å²) in [5, 5.41) is 7.58. The van der Waals surface area contributed by atoms with Crippen LogP contribution in [0.4, 0.5) is 16.2 Å². The van der Waals surface area contributed by atoms with Crippen LogP contribution in [-0.2, 0) is 13.0 Å². The Kier molecular flexibility index (Phi) is 4.89. The number of hydrogen-bond acceptors (Lipinski definition) is 3. The molecule has 1 aromatic heterocycles. The highest BCUT2D eigenvalue weighted by Gasteiger charge is 2.25. The summed E-state index contributed by atoms with van der Waals surface area (Å²) in [6.07, 6.45) is 0.866. The number of para-hydroxylation sites is 1. The van der Waals surface area contributed by atoms with Crippen LogP contribution in [0.25, 0.3) is 0 Å². The molecule has 0 saturated heterocycles. The minimum absolute atomic E-state index is 0.0532. The van der Waals surface area contributed by atoms with E-state index in [1.807, 2.05) is 35.7 Å². The molecule has 0 atom stereocenters. The van der Waals surface area contributed by atoms with E-state index in [1.165, 1.54) is 5.56 Å². The normalized spacial score (nSPS) is 12.5. The van der Waals surface area contributed by atoms with Crippen molar-refractivity contribution in [2.24, 2.45) is 0 Å². The zero-order valence-electron chi connectivity index (χ0n) is 14.6. The van der Waals surface area contributed by atoms with Crippen LogP contribution in [0.1, 0.15) is 20.8 Å². The molecule has 0 unspecified atom stereocenters. The minimum Gasteiger partial charge on any atom is -0.333 e. The van der Waals surface area contributed by atoms with Gasteiger partial charge in [-0.1, -0.05) is 30.3 Å². The first-order chi connectivity index (χ1) is 13.2. The van der Waals surface area contributed by atoms with Crippen molar-refractivity contribution in [3.05, 3.63) is 82.0 Å². The van der Waals surface area contributed by atoms with E-state index < -0.39 is 0 Å². The topological polar surface area (TPSA) is 61.4 Å². The van der Waals surface area contributed by atoms with Crippen molar-refractivity contribution < 1.29 is 9.59 Å². The molecule has 1 aliphatic heterocycles. The number of benzene rings is 2. The lowest BCUT2D eigenvalue weighted by atomic mass is 10.1. The van der Waals surface area contributed by atoms with Crippen molar-refractivity contribution in [3.8, 4) is 0 Å². The van der Waals surface area contributed by atoms with Gasteiger partial charge in [0.2, 0.25) is 0 Å². The summed E-state index contributed by atoms with van der Waals surface area (Å²) in [6, 6.07) is 18.6. The average molecular weight is 377 g/mol. The number of fused-ring (bicyclic) bond motifs is 1. The number of amides is 3. The summed E-state index contributed by atoms with van der Waals surface area (Å²) in [4.78, 5) is 27.9. The van der Waals surface area contributed by atoms with Crippen molar-refractivity contribution in [1.82, 2.24) is 5.32 Å². The predicted octanol–water partition coefficient (Wildman–Crippen LogP) is 4.27. The van der Waals surface area contributed by atoms with E-state index in [2.05, 4.69) is 16.7 Å². The van der Waals surface area contributed by atoms with Gasteiger partial charge in [-0.15, -0.1) is 11.3 Å². The van der Waals surface area contributed by atoms with E-state index >= 15 is 0 Å². The molecule has 0 aliphatic carbocycles. The molecule has 2 aromatic carbocycles. The Morgan fingerprint density at radius 3 is 2.78 bits per heavy atom. The van der Waals surface area contributed by atoms with Crippen LogP contribution in [-0.4, -0.2) is 18.5 Å². The maximum absolute atomic E-state index is 12.9. The number of rotatable bonds is 4. The summed E-state index contributed by atoms with van der Waals surface area (Å²) in [6.45, 7) is 1.16. The molecule has 27 heavy (non-hydrogen) atoms. The highest BCUT2D eigenvalue weighted by atomic mass is 32.1. The van der Waals surface area contributed by atoms with Gasteiger partial charge in [0.05, 0.1) is 6.54 Å². The molecule has 0 bridgehead atoms. The fourth-order valence-corrected chi connectivity index (χ4v) is 3.84. The second-order valence-electron chi connectivity index (χ2n) is 6.30. The fraction of sp³-hybridized carbons (Fsp3) is 0.143. The van der Waals surface area contributed by atoms with Gasteiger partial charge in [0.15, 0.2) is 0 Å². The van der Waals surface area contributed by atoms with E-state index in [-0.39, 0.29) is 11.9 Å². The van der Waals surface area contributed by atoms with E-state index in [4.69, 9.17) is 0 Å². The Morgan fingerprint density at radius 1 is 1.04 bits per heavy atom. The van der Waals surface area contributed by atoms with Crippen molar-refractivity contribution in [3.63, 3.8) is 0 Å². The number of nitrogens with zero attached hydrogens (tertiary/aromatic N) is 1. The van der Waals surface area contributed by atoms with Crippen molar-refractivity contribution in [2.45, 2.75) is 13.0 Å². The van der Waals surface area contributed by atoms with E-state index in [0.29, 0.717) is 24.3 Å². The number of anilines is 2. The number of carbonyl (C=O) groups excluding carboxylic acids is 2. The van der Waals surface area contributed by atoms with Crippen LogP contribution in [0.5, 0.6) is 0 Å². The Morgan fingerprint density at radius 2 is 1.93 bits per heavy atom. The molecule has 5 nitrogen and oxygen atoms in total. The molecule has 0 radical (unpaired) electrons. The smallest absolute Gasteiger partial charge is 0.319 e. The summed E-state index contributed by atoms with van der Waals surface area (Å²) < 4.78 is 0. The molecule has 2 N–H and O–H groups in total. The van der Waals surface area contributed by atoms with Gasteiger partial charge in [-0.3, -0.25) is 4.79 Å². The lowest BCUT2D eigenvalue weighted by Gasteiger charge is -2.18. The first-order valence-corrected chi connectivity index (χ1v) is 9.66. The Labute approximate surface area is 161 Å². The first kappa shape index (κ1) is 17.3. The molecular formula is C21H19N3O2S. The lowest BCUT2D eigenvalue weighted by Crippen LogP contribution is -2.29. The highest BCUT2D eigenvalue weighted by Crippen LogP contribution is 2.29. The molecule has 2 heterocycles. The molecule has 0 saturated carbocycles. The van der Waals surface area contributed by atoms with E-state index in [1.54, 1.807) is 40.5 Å². The monoisotopic (exact) mass is 377 g/mol. The first-order valence-electron chi connectivity index (χ1n) is 8.78. The second kappa shape index (κ2) is 7.63. The molecule has 3 aromatic rings. The van der Waals surface area contributed by atoms with Gasteiger partial charge >= 0.3 is 6.03 Å². The van der Waals surface area contributed by atoms with Gasteiger partial charge in [-0.05, 0) is 47.7 Å². The minimum atomic E-state index is -0.292. The maximum Gasteiger partial charge on any atom is 0.319 e. The third kappa shape index (κ3) is 3.85. The zero-order chi connectivity index (χ0) is 18.6. The third-order valence-corrected chi connectivity index (χ3v) is 5.38. The van der Waals surface area contributed by atoms with Gasteiger partial charge in [-0.2, -0.15) is 0 Å². The van der Waals surface area contributed by atoms with Gasteiger partial charge in [0.1, 0.15) is 0 Å². The number of hydrogen-bond donors (Lipinski definition) is 2. The van der Waals surface area contributed by atoms with Crippen molar-refractivity contribution in [2.75, 3.05) is 16.8 Å². The highest BCUT2D eigenvalue weighted by molar-refractivity contribution is 7.09. The Balaban J connectivity index is 1.43. The molecule has 4 rings (SSSR count). The quantitative estimate of drug-likeness (QED) is 0.713. The summed E-state index contributed by atoms with van der Waals surface area (Å²) in [5.41, 5.74) is 3.31. The molecule has 3 amide bonds. The second-order valence-corrected chi connectivity index (χ2v) is 7.34. The number of urea groups is 1. The zero-order valence-corrected chi connectivity index (χ0v) is 15.5. The number of thiophene rings is 1. The van der Waals surface area contributed by atoms with E-state index in [0.717, 1.165) is 17.0 Å². The SMILES string of the molecule is O=C(NCc1cccs1)Nc1cccc(C(=O)N2CCc3ccccc32)c1. The van der Waals surface area contributed by atoms with Gasteiger partial charge < -0.3 is 15.5 Å². The third-order valence-electron chi connectivity index (χ3n) is 4.50. The Hall–Kier alpha value is -3.12. The molecule has 6 heteroatoms. The summed E-state index contributed by atoms with van der Waals surface area (Å²) >= 11 is 1.59. The Bertz CT molecular complexity index is 969. The van der Waals surface area contributed by atoms with Gasteiger partial charge in [0.25, 0.3) is 5.91 Å². The van der Waals surface area contributed by atoms with Crippen molar-refractivity contribution >= 4 is 34.6 Å². The van der Waals surface area contributed by atoms with Gasteiger partial charge in [-0.25, -0.2) is 4.79 Å². The molecule has 0 fully saturated rings. The molecular weight excluding hydrogens is 358 g/mol. The molecule has 136 valence electrons. The van der Waals surface area contributed by atoms with Crippen LogP contribution in [0, 0.1) is 0 Å². The maximum atomic E-state index is 12.9. The number of carbonyl (C=O) groups is 2. The average Bonchev–Trinajstić information content (AvgIpc) is 3.36.